The highest BCUT2D eigenvalue weighted by Gasteiger charge is 2.44. The van der Waals surface area contributed by atoms with Crippen LogP contribution in [0.2, 0.25) is 0 Å². The summed E-state index contributed by atoms with van der Waals surface area (Å²) in [7, 11) is 0. The maximum Gasteiger partial charge on any atom is 0.511 e. The summed E-state index contributed by atoms with van der Waals surface area (Å²) in [5, 5.41) is 9.08. The van der Waals surface area contributed by atoms with Crippen molar-refractivity contribution in [2.75, 3.05) is 26.3 Å². The van der Waals surface area contributed by atoms with Crippen LogP contribution in [0.3, 0.4) is 0 Å². The van der Waals surface area contributed by atoms with Gasteiger partial charge in [0.05, 0.1) is 42.0 Å². The molecule has 3 aromatic carbocycles. The molecule has 1 spiro atoms. The third-order valence-corrected chi connectivity index (χ3v) is 8.64. The molecule has 1 aromatic heterocycles. The Balaban J connectivity index is 1.20. The average Bonchev–Trinajstić information content (AvgIpc) is 3.08. The zero-order valence-corrected chi connectivity index (χ0v) is 27.1. The van der Waals surface area contributed by atoms with Crippen molar-refractivity contribution in [2.24, 2.45) is 5.73 Å². The van der Waals surface area contributed by atoms with E-state index < -0.39 is 17.7 Å². The molecular formula is C37H35N3O9. The number of hydrogen-bond acceptors (Lipinski definition) is 9. The smallest absolute Gasteiger partial charge is 0.493 e. The summed E-state index contributed by atoms with van der Waals surface area (Å²) < 4.78 is 23.3. The van der Waals surface area contributed by atoms with Gasteiger partial charge in [-0.2, -0.15) is 0 Å². The van der Waals surface area contributed by atoms with Gasteiger partial charge < -0.3 is 34.7 Å². The van der Waals surface area contributed by atoms with Gasteiger partial charge in [-0.25, -0.2) is 4.79 Å². The zero-order chi connectivity index (χ0) is 34.7. The molecule has 49 heavy (non-hydrogen) atoms. The predicted octanol–water partition coefficient (Wildman–Crippen LogP) is 6.01. The van der Waals surface area contributed by atoms with Crippen molar-refractivity contribution in [3.8, 4) is 45.4 Å². The van der Waals surface area contributed by atoms with Gasteiger partial charge in [0.25, 0.3) is 5.91 Å². The molecule has 1 saturated heterocycles. The van der Waals surface area contributed by atoms with Crippen LogP contribution in [0.1, 0.15) is 64.2 Å². The molecule has 2 aliphatic rings. The van der Waals surface area contributed by atoms with Gasteiger partial charge in [0, 0.05) is 43.3 Å². The van der Waals surface area contributed by atoms with E-state index in [2.05, 4.69) is 4.98 Å². The number of pyridine rings is 1. The Morgan fingerprint density at radius 2 is 1.63 bits per heavy atom. The van der Waals surface area contributed by atoms with Crippen LogP contribution in [0.4, 0.5) is 4.79 Å². The number of carboxylic acid groups (broad SMARTS) is 1. The molecule has 12 heteroatoms. The zero-order valence-electron chi connectivity index (χ0n) is 27.1. The molecule has 0 atom stereocenters. The summed E-state index contributed by atoms with van der Waals surface area (Å²) in [5.41, 5.74) is 8.22. The van der Waals surface area contributed by atoms with E-state index in [1.807, 2.05) is 19.9 Å². The third-order valence-electron chi connectivity index (χ3n) is 8.64. The molecular weight excluding hydrogens is 630 g/mol. The summed E-state index contributed by atoms with van der Waals surface area (Å²) in [4.78, 5) is 55.9. The Labute approximate surface area is 282 Å². The van der Waals surface area contributed by atoms with Gasteiger partial charge in [-0.3, -0.25) is 19.4 Å². The summed E-state index contributed by atoms with van der Waals surface area (Å²) >= 11 is 0. The normalized spacial score (nSPS) is 14.8. The molecule has 3 heterocycles. The molecule has 252 valence electrons. The third kappa shape index (κ3) is 6.89. The number of primary amides is 1. The second-order valence-electron chi connectivity index (χ2n) is 11.8. The Morgan fingerprint density at radius 3 is 2.24 bits per heavy atom. The van der Waals surface area contributed by atoms with E-state index in [0.717, 1.165) is 0 Å². The van der Waals surface area contributed by atoms with Crippen LogP contribution < -0.4 is 24.7 Å². The monoisotopic (exact) mass is 665 g/mol. The van der Waals surface area contributed by atoms with E-state index in [1.165, 1.54) is 12.3 Å². The quantitative estimate of drug-likeness (QED) is 0.160. The fourth-order valence-electron chi connectivity index (χ4n) is 6.29. The van der Waals surface area contributed by atoms with Crippen LogP contribution in [-0.4, -0.2) is 70.6 Å². The second-order valence-corrected chi connectivity index (χ2v) is 11.8. The Bertz CT molecular complexity index is 1910. The van der Waals surface area contributed by atoms with Gasteiger partial charge in [0.2, 0.25) is 5.91 Å². The van der Waals surface area contributed by atoms with Gasteiger partial charge in [0.1, 0.15) is 28.6 Å². The minimum absolute atomic E-state index is 0.0484. The van der Waals surface area contributed by atoms with E-state index >= 15 is 0 Å². The molecule has 0 saturated carbocycles. The number of benzene rings is 3. The molecule has 0 unspecified atom stereocenters. The van der Waals surface area contributed by atoms with Crippen molar-refractivity contribution >= 4 is 23.8 Å². The molecule has 0 aliphatic carbocycles. The van der Waals surface area contributed by atoms with Crippen LogP contribution in [0.25, 0.3) is 22.4 Å². The number of aromatic nitrogens is 1. The fraction of sp³-hybridized carbons (Fsp3) is 0.270. The Morgan fingerprint density at radius 1 is 0.918 bits per heavy atom. The first-order chi connectivity index (χ1) is 23.6. The standard InChI is InChI=1S/C37H35N3O9/c1-3-46-31-18-25(19-32(47-4-2)33(31)23-6-5-7-26(16-23)48-36(44)45)35(43)40-14-12-37(13-15-40)20-29(41)27-17-22(9-11-30(27)49-37)28-10-8-24(21-39-28)34(38)42/h5-11,16-19,21H,3-4,12-15,20H2,1-2H3,(H2,38,42)(H,44,45). The van der Waals surface area contributed by atoms with Crippen molar-refractivity contribution in [1.82, 2.24) is 9.88 Å². The number of nitrogens with two attached hydrogens (primary N) is 1. The highest BCUT2D eigenvalue weighted by Crippen LogP contribution is 2.43. The molecule has 12 nitrogen and oxygen atoms in total. The number of amides is 2. The number of rotatable bonds is 9. The lowest BCUT2D eigenvalue weighted by Gasteiger charge is -2.44. The number of carbonyl (C=O) groups excluding carboxylic acids is 3. The largest absolute Gasteiger partial charge is 0.511 e. The first kappa shape index (κ1) is 33.0. The van der Waals surface area contributed by atoms with Crippen LogP contribution >= 0.6 is 0 Å². The van der Waals surface area contributed by atoms with E-state index in [1.54, 1.807) is 59.5 Å². The second kappa shape index (κ2) is 13.7. The number of carbonyl (C=O) groups is 4. The topological polar surface area (TPSA) is 168 Å². The summed E-state index contributed by atoms with van der Waals surface area (Å²) in [6.45, 7) is 5.05. The van der Waals surface area contributed by atoms with Crippen molar-refractivity contribution in [2.45, 2.75) is 38.7 Å². The highest BCUT2D eigenvalue weighted by atomic mass is 16.7. The first-order valence-electron chi connectivity index (χ1n) is 16.0. The molecule has 4 aromatic rings. The maximum absolute atomic E-state index is 13.9. The lowest BCUT2D eigenvalue weighted by atomic mass is 9.82. The minimum atomic E-state index is -1.43. The van der Waals surface area contributed by atoms with Crippen LogP contribution in [0.15, 0.2) is 72.9 Å². The predicted molar refractivity (Wildman–Crippen MR) is 179 cm³/mol. The number of ketones is 1. The van der Waals surface area contributed by atoms with Gasteiger partial charge >= 0.3 is 6.16 Å². The molecule has 0 bridgehead atoms. The van der Waals surface area contributed by atoms with E-state index in [0.29, 0.717) is 95.5 Å². The lowest BCUT2D eigenvalue weighted by molar-refractivity contribution is -0.00573. The number of piperidine rings is 1. The molecule has 6 rings (SSSR count). The van der Waals surface area contributed by atoms with Crippen molar-refractivity contribution in [1.29, 1.82) is 0 Å². The highest BCUT2D eigenvalue weighted by molar-refractivity contribution is 6.02. The first-order valence-corrected chi connectivity index (χ1v) is 16.0. The van der Waals surface area contributed by atoms with E-state index in [4.69, 9.17) is 29.8 Å². The average molecular weight is 666 g/mol. The SMILES string of the molecule is CCOc1cc(C(=O)N2CCC3(CC2)CC(=O)c2cc(-c4ccc(C(N)=O)cn4)ccc2O3)cc(OCC)c1-c1cccc(OC(=O)O)c1. The summed E-state index contributed by atoms with van der Waals surface area (Å²) in [6.07, 6.45) is 1.09. The lowest BCUT2D eigenvalue weighted by Crippen LogP contribution is -2.52. The van der Waals surface area contributed by atoms with Crippen LogP contribution in [0.5, 0.6) is 23.0 Å². The minimum Gasteiger partial charge on any atom is -0.493 e. The summed E-state index contributed by atoms with van der Waals surface area (Å²) in [6, 6.07) is 18.5. The molecule has 2 amide bonds. The number of hydrogen-bond donors (Lipinski definition) is 2. The van der Waals surface area contributed by atoms with Gasteiger partial charge in [-0.05, 0) is 74.0 Å². The van der Waals surface area contributed by atoms with Crippen LogP contribution in [-0.2, 0) is 0 Å². The van der Waals surface area contributed by atoms with Crippen LogP contribution in [0, 0.1) is 0 Å². The molecule has 2 aliphatic heterocycles. The van der Waals surface area contributed by atoms with Gasteiger partial charge in [-0.1, -0.05) is 12.1 Å². The van der Waals surface area contributed by atoms with E-state index in [9.17, 15) is 19.2 Å². The number of fused-ring (bicyclic) bond motifs is 1. The Hall–Kier alpha value is -5.91. The number of likely N-dealkylation sites (tertiary alicyclic amines) is 1. The maximum atomic E-state index is 13.9. The Kier molecular flexibility index (Phi) is 9.21. The van der Waals surface area contributed by atoms with Crippen molar-refractivity contribution in [3.63, 3.8) is 0 Å². The van der Waals surface area contributed by atoms with Gasteiger partial charge in [0.15, 0.2) is 5.78 Å². The van der Waals surface area contributed by atoms with E-state index in [-0.39, 0.29) is 23.9 Å². The summed E-state index contributed by atoms with van der Waals surface area (Å²) in [5.74, 6) is 0.619. The van der Waals surface area contributed by atoms with Gasteiger partial charge in [-0.15, -0.1) is 0 Å². The fourth-order valence-corrected chi connectivity index (χ4v) is 6.29. The number of ether oxygens (including phenoxy) is 4. The number of nitrogens with zero attached hydrogens (tertiary/aromatic N) is 2. The van der Waals surface area contributed by atoms with Crippen molar-refractivity contribution < 1.29 is 43.2 Å². The molecule has 1 fully saturated rings. The molecule has 0 radical (unpaired) electrons. The number of Topliss-reactive ketones (excluding diaryl/α,β-unsaturated/α-hetero) is 1. The molecule has 3 N–H and O–H groups in total. The van der Waals surface area contributed by atoms with Crippen molar-refractivity contribution in [3.05, 3.63) is 89.6 Å².